The molecule has 0 saturated carbocycles. The third-order valence-electron chi connectivity index (χ3n) is 2.17. The van der Waals surface area contributed by atoms with E-state index in [2.05, 4.69) is 17.2 Å². The van der Waals surface area contributed by atoms with Crippen LogP contribution in [0, 0.1) is 5.41 Å². The van der Waals surface area contributed by atoms with Gasteiger partial charge in [-0.25, -0.2) is 4.79 Å². The van der Waals surface area contributed by atoms with Crippen molar-refractivity contribution in [3.63, 3.8) is 0 Å². The number of unbranched alkanes of at least 4 members (excludes halogenated alkanes) is 1. The van der Waals surface area contributed by atoms with Crippen LogP contribution in [0.5, 0.6) is 0 Å². The maximum Gasteiger partial charge on any atom is 0.407 e. The summed E-state index contributed by atoms with van der Waals surface area (Å²) in [6.07, 6.45) is 2.44. The van der Waals surface area contributed by atoms with Crippen LogP contribution in [-0.4, -0.2) is 44.2 Å². The van der Waals surface area contributed by atoms with Gasteiger partial charge in [0.1, 0.15) is 13.0 Å². The van der Waals surface area contributed by atoms with Gasteiger partial charge in [0.25, 0.3) is 0 Å². The Kier molecular flexibility index (Phi) is 10.8. The lowest BCUT2D eigenvalue weighted by molar-refractivity contribution is -0.120. The molecule has 0 radical (unpaired) electrons. The molecule has 0 fully saturated rings. The van der Waals surface area contributed by atoms with E-state index in [0.717, 1.165) is 12.8 Å². The Morgan fingerprint density at radius 3 is 2.45 bits per heavy atom. The number of nitrogens with one attached hydrogen (secondary N) is 3. The number of alkyl carbamates (subject to hydrolysis) is 1. The van der Waals surface area contributed by atoms with Gasteiger partial charge in [0, 0.05) is 13.1 Å². The van der Waals surface area contributed by atoms with Crippen LogP contribution in [0.2, 0.25) is 0 Å². The van der Waals surface area contributed by atoms with Crippen molar-refractivity contribution < 1.29 is 19.1 Å². The minimum Gasteiger partial charge on any atom is -0.481 e. The van der Waals surface area contributed by atoms with E-state index in [9.17, 15) is 9.59 Å². The van der Waals surface area contributed by atoms with Crippen molar-refractivity contribution in [1.82, 2.24) is 10.6 Å². The first-order chi connectivity index (χ1) is 9.60. The summed E-state index contributed by atoms with van der Waals surface area (Å²) in [4.78, 5) is 22.4. The van der Waals surface area contributed by atoms with E-state index in [1.807, 2.05) is 0 Å². The summed E-state index contributed by atoms with van der Waals surface area (Å²) in [6.45, 7) is 6.76. The molecule has 0 atom stereocenters. The van der Waals surface area contributed by atoms with Crippen molar-refractivity contribution in [2.24, 2.45) is 0 Å². The molecular formula is C13H23N3O4. The molecule has 0 aromatic heterocycles. The summed E-state index contributed by atoms with van der Waals surface area (Å²) in [5, 5.41) is 12.6. The molecule has 114 valence electrons. The first kappa shape index (κ1) is 17.9. The smallest absolute Gasteiger partial charge is 0.407 e. The summed E-state index contributed by atoms with van der Waals surface area (Å²) in [7, 11) is 0. The molecule has 0 aliphatic heterocycles. The number of ether oxygens (including phenoxy) is 2. The lowest BCUT2D eigenvalue weighted by Gasteiger charge is -2.07. The van der Waals surface area contributed by atoms with Gasteiger partial charge in [-0.3, -0.25) is 10.2 Å². The van der Waals surface area contributed by atoms with Gasteiger partial charge in [-0.2, -0.15) is 0 Å². The van der Waals surface area contributed by atoms with E-state index in [1.54, 1.807) is 6.92 Å². The maximum atomic E-state index is 11.4. The summed E-state index contributed by atoms with van der Waals surface area (Å²) in [6, 6.07) is 0. The molecule has 20 heavy (non-hydrogen) atoms. The number of carbonyl (C=O) groups excluding carboxylic acids is 2. The minimum atomic E-state index is -0.473. The van der Waals surface area contributed by atoms with Crippen LogP contribution in [0.3, 0.4) is 0 Å². The summed E-state index contributed by atoms with van der Waals surface area (Å²) in [5.41, 5.74) is 0. The largest absolute Gasteiger partial charge is 0.481 e. The molecule has 7 heteroatoms. The zero-order valence-corrected chi connectivity index (χ0v) is 11.9. The zero-order valence-electron chi connectivity index (χ0n) is 11.9. The lowest BCUT2D eigenvalue weighted by Crippen LogP contribution is -2.29. The van der Waals surface area contributed by atoms with Crippen LogP contribution in [-0.2, 0) is 14.3 Å². The number of hydrogen-bond donors (Lipinski definition) is 3. The Morgan fingerprint density at radius 1 is 1.20 bits per heavy atom. The Balaban J connectivity index is 3.43. The van der Waals surface area contributed by atoms with E-state index < -0.39 is 6.09 Å². The predicted octanol–water partition coefficient (Wildman–Crippen LogP) is 1.20. The second kappa shape index (κ2) is 12.0. The average Bonchev–Trinajstić information content (AvgIpc) is 2.40. The monoisotopic (exact) mass is 285 g/mol. The summed E-state index contributed by atoms with van der Waals surface area (Å²) in [5.74, 6) is -0.265. The minimum absolute atomic E-state index is 0.0309. The Labute approximate surface area is 119 Å². The topological polar surface area (TPSA) is 101 Å². The standard InChI is InChI=1S/C13H23N3O4/c1-3-9-20-13(18)16-8-6-5-7-15-12(17)10-11(14)19-4-2/h3,14H,1,4-10H2,2H3,(H,15,17)(H,16,18). The van der Waals surface area contributed by atoms with Gasteiger partial charge in [0.15, 0.2) is 5.90 Å². The molecule has 0 saturated heterocycles. The lowest BCUT2D eigenvalue weighted by atomic mass is 10.3. The fraction of sp³-hybridized carbons (Fsp3) is 0.615. The number of hydrogen-bond acceptors (Lipinski definition) is 5. The second-order valence-electron chi connectivity index (χ2n) is 3.90. The maximum absolute atomic E-state index is 11.4. The van der Waals surface area contributed by atoms with Crippen LogP contribution >= 0.6 is 0 Å². The van der Waals surface area contributed by atoms with Crippen LogP contribution in [0.25, 0.3) is 0 Å². The molecular weight excluding hydrogens is 262 g/mol. The van der Waals surface area contributed by atoms with Crippen molar-refractivity contribution >= 4 is 17.9 Å². The van der Waals surface area contributed by atoms with Gasteiger partial charge < -0.3 is 20.1 Å². The van der Waals surface area contributed by atoms with Crippen molar-refractivity contribution in [3.05, 3.63) is 12.7 Å². The number of amides is 2. The van der Waals surface area contributed by atoms with E-state index >= 15 is 0 Å². The van der Waals surface area contributed by atoms with Gasteiger partial charge in [-0.05, 0) is 19.8 Å². The van der Waals surface area contributed by atoms with Gasteiger partial charge in [0.05, 0.1) is 6.61 Å². The average molecular weight is 285 g/mol. The molecule has 0 bridgehead atoms. The third kappa shape index (κ3) is 11.1. The highest BCUT2D eigenvalue weighted by Crippen LogP contribution is 1.90. The quantitative estimate of drug-likeness (QED) is 0.243. The normalized spacial score (nSPS) is 9.45. The predicted molar refractivity (Wildman–Crippen MR) is 75.8 cm³/mol. The third-order valence-corrected chi connectivity index (χ3v) is 2.17. The fourth-order valence-corrected chi connectivity index (χ4v) is 1.29. The fourth-order valence-electron chi connectivity index (χ4n) is 1.29. The highest BCUT2D eigenvalue weighted by molar-refractivity contribution is 5.95. The van der Waals surface area contributed by atoms with E-state index in [0.29, 0.717) is 19.7 Å². The summed E-state index contributed by atoms with van der Waals surface area (Å²) >= 11 is 0. The Hall–Kier alpha value is -2.05. The molecule has 0 aliphatic carbocycles. The van der Waals surface area contributed by atoms with Crippen molar-refractivity contribution in [2.45, 2.75) is 26.2 Å². The Bertz CT molecular complexity index is 332. The zero-order chi connectivity index (χ0) is 15.2. The molecule has 0 heterocycles. The van der Waals surface area contributed by atoms with Crippen LogP contribution in [0.15, 0.2) is 12.7 Å². The van der Waals surface area contributed by atoms with Crippen molar-refractivity contribution in [3.8, 4) is 0 Å². The molecule has 0 rings (SSSR count). The molecule has 0 aliphatic rings. The van der Waals surface area contributed by atoms with Gasteiger partial charge in [-0.1, -0.05) is 12.7 Å². The van der Waals surface area contributed by atoms with Crippen LogP contribution < -0.4 is 10.6 Å². The number of rotatable bonds is 10. The van der Waals surface area contributed by atoms with Crippen molar-refractivity contribution in [2.75, 3.05) is 26.3 Å². The van der Waals surface area contributed by atoms with E-state index in [4.69, 9.17) is 14.9 Å². The molecule has 7 nitrogen and oxygen atoms in total. The van der Waals surface area contributed by atoms with Gasteiger partial charge >= 0.3 is 6.09 Å². The first-order valence-electron chi connectivity index (χ1n) is 6.58. The van der Waals surface area contributed by atoms with E-state index in [1.165, 1.54) is 6.08 Å². The SMILES string of the molecule is C=CCOC(=O)NCCCCNC(=O)CC(=N)OCC. The van der Waals surface area contributed by atoms with Gasteiger partial charge in [-0.15, -0.1) is 0 Å². The first-order valence-corrected chi connectivity index (χ1v) is 6.58. The molecule has 3 N–H and O–H groups in total. The highest BCUT2D eigenvalue weighted by atomic mass is 16.5. The second-order valence-corrected chi connectivity index (χ2v) is 3.90. The molecule has 0 aromatic carbocycles. The van der Waals surface area contributed by atoms with Crippen molar-refractivity contribution in [1.29, 1.82) is 5.41 Å². The molecule has 0 unspecified atom stereocenters. The highest BCUT2D eigenvalue weighted by Gasteiger charge is 2.05. The molecule has 0 spiro atoms. The van der Waals surface area contributed by atoms with Crippen LogP contribution in [0.4, 0.5) is 4.79 Å². The summed E-state index contributed by atoms with van der Waals surface area (Å²) < 4.78 is 9.60. The van der Waals surface area contributed by atoms with Crippen LogP contribution in [0.1, 0.15) is 26.2 Å². The van der Waals surface area contributed by atoms with Gasteiger partial charge in [0.2, 0.25) is 5.91 Å². The Morgan fingerprint density at radius 2 is 1.85 bits per heavy atom. The number of carbonyl (C=O) groups is 2. The molecule has 2 amide bonds. The van der Waals surface area contributed by atoms with E-state index in [-0.39, 0.29) is 24.8 Å². The molecule has 0 aromatic rings.